The number of carbonyl (C=O) groups is 1. The molecule has 1 spiro atoms. The fraction of sp³-hybridized carbons (Fsp3) is 0.588. The molecular weight excluding hydrogens is 370 g/mol. The maximum atomic E-state index is 13.1. The van der Waals surface area contributed by atoms with E-state index in [9.17, 15) is 13.2 Å². The lowest BCUT2D eigenvalue weighted by Crippen LogP contribution is -2.54. The van der Waals surface area contributed by atoms with Crippen LogP contribution in [0.1, 0.15) is 36.4 Å². The highest BCUT2D eigenvalue weighted by atomic mass is 32.2. The Morgan fingerprint density at radius 1 is 1.19 bits per heavy atom. The van der Waals surface area contributed by atoms with Crippen LogP contribution in [0.4, 0.5) is 5.82 Å². The number of carbonyl (C=O) groups excluding carboxylic acids is 1. The number of fused-ring (bicyclic) bond motifs is 2. The summed E-state index contributed by atoms with van der Waals surface area (Å²) in [6.07, 6.45) is 1.39. The molecule has 0 aromatic carbocycles. The Bertz CT molecular complexity index is 995. The molecule has 0 saturated carbocycles. The third-order valence-corrected chi connectivity index (χ3v) is 7.82. The van der Waals surface area contributed by atoms with E-state index in [-0.39, 0.29) is 10.8 Å². The topological polar surface area (TPSA) is 102 Å². The zero-order valence-corrected chi connectivity index (χ0v) is 16.7. The van der Waals surface area contributed by atoms with Crippen molar-refractivity contribution in [3.63, 3.8) is 0 Å². The van der Waals surface area contributed by atoms with Crippen molar-refractivity contribution in [1.29, 1.82) is 0 Å². The van der Waals surface area contributed by atoms with Gasteiger partial charge in [0.25, 0.3) is 0 Å². The number of aromatic nitrogens is 3. The Labute approximate surface area is 158 Å². The molecule has 1 fully saturated rings. The average Bonchev–Trinajstić information content (AvgIpc) is 3.16. The number of piperidine rings is 1. The smallest absolute Gasteiger partial charge is 0.248 e. The number of hydrogen-bond donors (Lipinski definition) is 0. The van der Waals surface area contributed by atoms with Gasteiger partial charge in [-0.1, -0.05) is 5.16 Å². The monoisotopic (exact) mass is 393 g/mol. The first-order chi connectivity index (χ1) is 12.7. The summed E-state index contributed by atoms with van der Waals surface area (Å²) in [6, 6.07) is 1.89. The van der Waals surface area contributed by atoms with Gasteiger partial charge in [-0.05, 0) is 33.6 Å². The molecule has 27 heavy (non-hydrogen) atoms. The predicted octanol–water partition coefficient (Wildman–Crippen LogP) is 1.34. The van der Waals surface area contributed by atoms with Crippen molar-refractivity contribution >= 4 is 21.7 Å². The van der Waals surface area contributed by atoms with E-state index in [1.807, 2.05) is 17.7 Å². The summed E-state index contributed by atoms with van der Waals surface area (Å²) in [5.41, 5.74) is 0.738. The second kappa shape index (κ2) is 5.90. The number of sulfonamides is 1. The van der Waals surface area contributed by atoms with Crippen LogP contribution in [0.15, 0.2) is 15.5 Å². The van der Waals surface area contributed by atoms with Gasteiger partial charge >= 0.3 is 0 Å². The third-order valence-electron chi connectivity index (χ3n) is 5.68. The number of aryl methyl sites for hydroxylation is 3. The molecule has 2 aromatic rings. The van der Waals surface area contributed by atoms with E-state index in [4.69, 9.17) is 4.52 Å². The minimum absolute atomic E-state index is 0.0319. The van der Waals surface area contributed by atoms with Gasteiger partial charge in [-0.25, -0.2) is 13.1 Å². The molecule has 0 atom stereocenters. The van der Waals surface area contributed by atoms with Gasteiger partial charge in [0.15, 0.2) is 5.76 Å². The first-order valence-corrected chi connectivity index (χ1v) is 10.4. The van der Waals surface area contributed by atoms with Gasteiger partial charge in [0.05, 0.1) is 17.7 Å². The minimum atomic E-state index is -3.68. The van der Waals surface area contributed by atoms with Gasteiger partial charge in [-0.2, -0.15) is 9.40 Å². The molecule has 0 unspecified atom stereocenters. The summed E-state index contributed by atoms with van der Waals surface area (Å²) in [5, 5.41) is 8.37. The molecule has 2 aliphatic rings. The standard InChI is InChI=1S/C17H23N5O4S/c1-11-9-14-20(4)15(23)10-17(22(14)18-11)5-7-21(8-6-17)27(24,25)16-12(2)19-26-13(16)3/h9H,5-8,10H2,1-4H3. The van der Waals surface area contributed by atoms with Gasteiger partial charge in [0, 0.05) is 26.2 Å². The van der Waals surface area contributed by atoms with Crippen molar-refractivity contribution in [2.75, 3.05) is 25.0 Å². The van der Waals surface area contributed by atoms with Crippen LogP contribution in [0.25, 0.3) is 0 Å². The van der Waals surface area contributed by atoms with Crippen molar-refractivity contribution in [3.8, 4) is 0 Å². The zero-order valence-electron chi connectivity index (χ0n) is 15.9. The molecule has 9 nitrogen and oxygen atoms in total. The third kappa shape index (κ3) is 2.61. The summed E-state index contributed by atoms with van der Waals surface area (Å²) in [5.74, 6) is 1.10. The van der Waals surface area contributed by atoms with Gasteiger partial charge < -0.3 is 9.42 Å². The Morgan fingerprint density at radius 2 is 1.85 bits per heavy atom. The molecule has 4 rings (SSSR count). The van der Waals surface area contributed by atoms with Crippen LogP contribution in [0.2, 0.25) is 0 Å². The quantitative estimate of drug-likeness (QED) is 0.763. The maximum absolute atomic E-state index is 13.1. The van der Waals surface area contributed by atoms with Crippen LogP contribution < -0.4 is 4.90 Å². The van der Waals surface area contributed by atoms with E-state index < -0.39 is 15.6 Å². The Morgan fingerprint density at radius 3 is 2.44 bits per heavy atom. The SMILES string of the molecule is Cc1cc2n(n1)C1(CCN(S(=O)(=O)c3c(C)noc3C)CC1)CC(=O)N2C. The molecule has 1 amide bonds. The average molecular weight is 393 g/mol. The van der Waals surface area contributed by atoms with Crippen molar-refractivity contribution in [2.24, 2.45) is 0 Å². The fourth-order valence-corrected chi connectivity index (χ4v) is 5.91. The Kier molecular flexibility index (Phi) is 3.97. The van der Waals surface area contributed by atoms with Gasteiger partial charge in [0.2, 0.25) is 15.9 Å². The number of amides is 1. The number of anilines is 1. The van der Waals surface area contributed by atoms with Crippen LogP contribution in [0.5, 0.6) is 0 Å². The van der Waals surface area contributed by atoms with Crippen LogP contribution >= 0.6 is 0 Å². The van der Waals surface area contributed by atoms with Crippen molar-refractivity contribution < 1.29 is 17.7 Å². The van der Waals surface area contributed by atoms with Gasteiger partial charge in [0.1, 0.15) is 16.4 Å². The van der Waals surface area contributed by atoms with Gasteiger partial charge in [-0.3, -0.25) is 4.79 Å². The molecule has 2 aliphatic heterocycles. The van der Waals surface area contributed by atoms with Crippen LogP contribution in [0.3, 0.4) is 0 Å². The highest BCUT2D eigenvalue weighted by molar-refractivity contribution is 7.89. The molecule has 0 N–H and O–H groups in total. The van der Waals surface area contributed by atoms with E-state index in [2.05, 4.69) is 10.3 Å². The lowest BCUT2D eigenvalue weighted by atomic mass is 9.83. The summed E-state index contributed by atoms with van der Waals surface area (Å²) < 4.78 is 34.5. The first kappa shape index (κ1) is 18.2. The van der Waals surface area contributed by atoms with E-state index in [1.165, 1.54) is 4.31 Å². The fourth-order valence-electron chi connectivity index (χ4n) is 4.18. The van der Waals surface area contributed by atoms with E-state index in [1.54, 1.807) is 25.8 Å². The van der Waals surface area contributed by atoms with Crippen LogP contribution in [-0.4, -0.2) is 53.7 Å². The molecule has 0 aliphatic carbocycles. The van der Waals surface area contributed by atoms with Crippen LogP contribution in [0, 0.1) is 20.8 Å². The number of nitrogens with zero attached hydrogens (tertiary/aromatic N) is 5. The van der Waals surface area contributed by atoms with Gasteiger partial charge in [-0.15, -0.1) is 0 Å². The second-order valence-corrected chi connectivity index (χ2v) is 9.34. The largest absolute Gasteiger partial charge is 0.360 e. The summed E-state index contributed by atoms with van der Waals surface area (Å²) in [6.45, 7) is 5.77. The van der Waals surface area contributed by atoms with Crippen LogP contribution in [-0.2, 0) is 20.4 Å². The Hall–Kier alpha value is -2.20. The second-order valence-electron chi connectivity index (χ2n) is 7.47. The summed E-state index contributed by atoms with van der Waals surface area (Å²) in [4.78, 5) is 14.3. The molecule has 4 heterocycles. The summed E-state index contributed by atoms with van der Waals surface area (Å²) in [7, 11) is -1.93. The van der Waals surface area contributed by atoms with E-state index in [0.717, 1.165) is 11.5 Å². The van der Waals surface area contributed by atoms with E-state index >= 15 is 0 Å². The molecular formula is C17H23N5O4S. The number of hydrogen-bond acceptors (Lipinski definition) is 6. The van der Waals surface area contributed by atoms with Crippen molar-refractivity contribution in [3.05, 3.63) is 23.2 Å². The van der Waals surface area contributed by atoms with E-state index in [0.29, 0.717) is 43.8 Å². The number of rotatable bonds is 2. The lowest BCUT2D eigenvalue weighted by Gasteiger charge is -2.45. The van der Waals surface area contributed by atoms with Crippen molar-refractivity contribution in [1.82, 2.24) is 19.2 Å². The molecule has 2 aromatic heterocycles. The maximum Gasteiger partial charge on any atom is 0.248 e. The molecule has 1 saturated heterocycles. The van der Waals surface area contributed by atoms with Crippen molar-refractivity contribution in [2.45, 2.75) is 50.5 Å². The normalized spacial score (nSPS) is 20.3. The Balaban J connectivity index is 1.64. The molecule has 0 radical (unpaired) electrons. The minimum Gasteiger partial charge on any atom is -0.360 e. The molecule has 0 bridgehead atoms. The highest BCUT2D eigenvalue weighted by Crippen LogP contribution is 2.42. The zero-order chi connectivity index (χ0) is 19.6. The summed E-state index contributed by atoms with van der Waals surface area (Å²) >= 11 is 0. The predicted molar refractivity (Wildman–Crippen MR) is 96.9 cm³/mol. The molecule has 146 valence electrons. The highest BCUT2D eigenvalue weighted by Gasteiger charge is 2.47. The first-order valence-electron chi connectivity index (χ1n) is 8.92. The molecule has 10 heteroatoms. The lowest BCUT2D eigenvalue weighted by molar-refractivity contribution is -0.122.